The van der Waals surface area contributed by atoms with Crippen LogP contribution in [-0.2, 0) is 9.59 Å². The van der Waals surface area contributed by atoms with Crippen molar-refractivity contribution in [1.29, 1.82) is 0 Å². The average molecular weight is 331 g/mol. The van der Waals surface area contributed by atoms with Gasteiger partial charge in [0.25, 0.3) is 0 Å². The largest absolute Gasteiger partial charge is 0.349 e. The van der Waals surface area contributed by atoms with E-state index < -0.39 is 0 Å². The zero-order valence-corrected chi connectivity index (χ0v) is 15.3. The van der Waals surface area contributed by atoms with E-state index in [-0.39, 0.29) is 17.7 Å². The van der Waals surface area contributed by atoms with Gasteiger partial charge in [0.2, 0.25) is 11.8 Å². The third kappa shape index (κ3) is 4.35. The van der Waals surface area contributed by atoms with Crippen LogP contribution in [-0.4, -0.2) is 61.9 Å². The first-order chi connectivity index (χ1) is 11.4. The number of piperidine rings is 1. The first kappa shape index (κ1) is 18.5. The van der Waals surface area contributed by atoms with Gasteiger partial charge in [-0.1, -0.05) is 18.2 Å². The molecule has 0 N–H and O–H groups in total. The number of amides is 2. The molecule has 0 aliphatic carbocycles. The minimum Gasteiger partial charge on any atom is -0.349 e. The maximum atomic E-state index is 12.7. The van der Waals surface area contributed by atoms with Crippen molar-refractivity contribution in [2.45, 2.75) is 26.7 Å². The van der Waals surface area contributed by atoms with E-state index >= 15 is 0 Å². The van der Waals surface area contributed by atoms with Crippen molar-refractivity contribution >= 4 is 17.5 Å². The van der Waals surface area contributed by atoms with E-state index in [2.05, 4.69) is 4.90 Å². The highest BCUT2D eigenvalue weighted by atomic mass is 16.2. The van der Waals surface area contributed by atoms with Gasteiger partial charge in [-0.05, 0) is 51.4 Å². The van der Waals surface area contributed by atoms with Gasteiger partial charge in [-0.2, -0.15) is 0 Å². The summed E-state index contributed by atoms with van der Waals surface area (Å²) >= 11 is 0. The average Bonchev–Trinajstić information content (AvgIpc) is 2.57. The Labute approximate surface area is 145 Å². The Morgan fingerprint density at radius 2 is 1.79 bits per heavy atom. The number of hydrogen-bond acceptors (Lipinski definition) is 3. The van der Waals surface area contributed by atoms with Gasteiger partial charge in [0, 0.05) is 32.2 Å². The minimum absolute atomic E-state index is 0.102. The number of benzene rings is 1. The SMILES string of the molecule is CCN(C(=O)CN1CCC(C(=O)N(C)C)CC1)c1ccccc1C. The van der Waals surface area contributed by atoms with Crippen molar-refractivity contribution in [2.24, 2.45) is 5.92 Å². The monoisotopic (exact) mass is 331 g/mol. The first-order valence-corrected chi connectivity index (χ1v) is 8.73. The van der Waals surface area contributed by atoms with Crippen molar-refractivity contribution in [1.82, 2.24) is 9.80 Å². The van der Waals surface area contributed by atoms with Crippen LogP contribution in [0.1, 0.15) is 25.3 Å². The van der Waals surface area contributed by atoms with Crippen LogP contribution in [0.15, 0.2) is 24.3 Å². The Hall–Kier alpha value is -1.88. The molecule has 0 saturated carbocycles. The molecule has 132 valence electrons. The number of para-hydroxylation sites is 1. The summed E-state index contributed by atoms with van der Waals surface area (Å²) < 4.78 is 0. The Balaban J connectivity index is 1.93. The molecule has 0 unspecified atom stereocenters. The van der Waals surface area contributed by atoms with E-state index in [1.54, 1.807) is 19.0 Å². The lowest BCUT2D eigenvalue weighted by Gasteiger charge is -2.33. The van der Waals surface area contributed by atoms with Crippen LogP contribution in [0.3, 0.4) is 0 Å². The number of likely N-dealkylation sites (tertiary alicyclic amines) is 1. The summed E-state index contributed by atoms with van der Waals surface area (Å²) in [6, 6.07) is 7.99. The number of aryl methyl sites for hydroxylation is 1. The fourth-order valence-electron chi connectivity index (χ4n) is 3.33. The van der Waals surface area contributed by atoms with E-state index in [0.29, 0.717) is 13.1 Å². The molecular formula is C19H29N3O2. The van der Waals surface area contributed by atoms with Gasteiger partial charge < -0.3 is 9.80 Å². The summed E-state index contributed by atoms with van der Waals surface area (Å²) in [6.07, 6.45) is 1.67. The zero-order chi connectivity index (χ0) is 17.7. The Kier molecular flexibility index (Phi) is 6.37. The predicted octanol–water partition coefficient (Wildman–Crippen LogP) is 2.15. The standard InChI is InChI=1S/C19H29N3O2/c1-5-22(17-9-7-6-8-15(17)2)18(23)14-21-12-10-16(11-13-21)19(24)20(3)4/h6-9,16H,5,10-14H2,1-4H3. The number of rotatable bonds is 5. The fourth-order valence-corrected chi connectivity index (χ4v) is 3.33. The molecule has 0 atom stereocenters. The molecule has 0 bridgehead atoms. The quantitative estimate of drug-likeness (QED) is 0.830. The summed E-state index contributed by atoms with van der Waals surface area (Å²) in [5, 5.41) is 0. The maximum absolute atomic E-state index is 12.7. The summed E-state index contributed by atoms with van der Waals surface area (Å²) in [6.45, 7) is 6.74. The van der Waals surface area contributed by atoms with Crippen molar-refractivity contribution in [3.63, 3.8) is 0 Å². The zero-order valence-electron chi connectivity index (χ0n) is 15.3. The molecule has 0 radical (unpaired) electrons. The van der Waals surface area contributed by atoms with Crippen LogP contribution in [0.25, 0.3) is 0 Å². The van der Waals surface area contributed by atoms with Gasteiger partial charge >= 0.3 is 0 Å². The number of anilines is 1. The number of hydrogen-bond donors (Lipinski definition) is 0. The smallest absolute Gasteiger partial charge is 0.241 e. The minimum atomic E-state index is 0.102. The van der Waals surface area contributed by atoms with Gasteiger partial charge in [-0.25, -0.2) is 0 Å². The summed E-state index contributed by atoms with van der Waals surface area (Å²) in [5.41, 5.74) is 2.10. The van der Waals surface area contributed by atoms with Gasteiger partial charge in [0.1, 0.15) is 0 Å². The van der Waals surface area contributed by atoms with Gasteiger partial charge in [-0.15, -0.1) is 0 Å². The molecule has 1 aliphatic rings. The molecule has 24 heavy (non-hydrogen) atoms. The maximum Gasteiger partial charge on any atom is 0.241 e. The molecule has 1 aromatic rings. The lowest BCUT2D eigenvalue weighted by molar-refractivity contribution is -0.134. The van der Waals surface area contributed by atoms with E-state index in [1.807, 2.05) is 43.0 Å². The van der Waals surface area contributed by atoms with Crippen LogP contribution in [0.4, 0.5) is 5.69 Å². The second-order valence-corrected chi connectivity index (χ2v) is 6.71. The third-order valence-corrected chi connectivity index (χ3v) is 4.76. The van der Waals surface area contributed by atoms with Gasteiger partial charge in [0.15, 0.2) is 0 Å². The Morgan fingerprint density at radius 3 is 2.33 bits per heavy atom. The van der Waals surface area contributed by atoms with Crippen LogP contribution in [0, 0.1) is 12.8 Å². The molecule has 0 spiro atoms. The Morgan fingerprint density at radius 1 is 1.17 bits per heavy atom. The highest BCUT2D eigenvalue weighted by Crippen LogP contribution is 2.21. The van der Waals surface area contributed by atoms with E-state index in [9.17, 15) is 9.59 Å². The molecule has 5 nitrogen and oxygen atoms in total. The molecule has 0 aromatic heterocycles. The van der Waals surface area contributed by atoms with E-state index in [0.717, 1.165) is 37.2 Å². The molecule has 1 aromatic carbocycles. The second-order valence-electron chi connectivity index (χ2n) is 6.71. The molecule has 1 heterocycles. The summed E-state index contributed by atoms with van der Waals surface area (Å²) in [4.78, 5) is 30.5. The number of carbonyl (C=O) groups is 2. The molecule has 1 saturated heterocycles. The molecular weight excluding hydrogens is 302 g/mol. The highest BCUT2D eigenvalue weighted by molar-refractivity contribution is 5.95. The number of nitrogens with zero attached hydrogens (tertiary/aromatic N) is 3. The normalized spacial score (nSPS) is 16.0. The molecule has 2 amide bonds. The molecule has 5 heteroatoms. The second kappa shape index (κ2) is 8.29. The molecule has 1 aliphatic heterocycles. The van der Waals surface area contributed by atoms with Crippen LogP contribution in [0.5, 0.6) is 0 Å². The highest BCUT2D eigenvalue weighted by Gasteiger charge is 2.28. The first-order valence-electron chi connectivity index (χ1n) is 8.73. The topological polar surface area (TPSA) is 43.9 Å². The predicted molar refractivity (Wildman–Crippen MR) is 97.1 cm³/mol. The molecule has 2 rings (SSSR count). The fraction of sp³-hybridized carbons (Fsp3) is 0.579. The summed E-state index contributed by atoms with van der Waals surface area (Å²) in [5.74, 6) is 0.435. The van der Waals surface area contributed by atoms with Crippen molar-refractivity contribution in [3.8, 4) is 0 Å². The summed E-state index contributed by atoms with van der Waals surface area (Å²) in [7, 11) is 3.61. The van der Waals surface area contributed by atoms with Crippen molar-refractivity contribution in [3.05, 3.63) is 29.8 Å². The third-order valence-electron chi connectivity index (χ3n) is 4.76. The van der Waals surface area contributed by atoms with Crippen LogP contribution >= 0.6 is 0 Å². The number of carbonyl (C=O) groups excluding carboxylic acids is 2. The van der Waals surface area contributed by atoms with Crippen LogP contribution < -0.4 is 4.90 Å². The van der Waals surface area contributed by atoms with Crippen LogP contribution in [0.2, 0.25) is 0 Å². The van der Waals surface area contributed by atoms with E-state index in [4.69, 9.17) is 0 Å². The lowest BCUT2D eigenvalue weighted by atomic mass is 9.95. The number of likely N-dealkylation sites (N-methyl/N-ethyl adjacent to an activating group) is 1. The van der Waals surface area contributed by atoms with Gasteiger partial charge in [-0.3, -0.25) is 14.5 Å². The Bertz CT molecular complexity index is 578. The lowest BCUT2D eigenvalue weighted by Crippen LogP contribution is -2.45. The van der Waals surface area contributed by atoms with Crippen molar-refractivity contribution < 1.29 is 9.59 Å². The van der Waals surface area contributed by atoms with E-state index in [1.165, 1.54) is 0 Å². The van der Waals surface area contributed by atoms with Crippen molar-refractivity contribution in [2.75, 3.05) is 45.2 Å². The molecule has 1 fully saturated rings. The van der Waals surface area contributed by atoms with Gasteiger partial charge in [0.05, 0.1) is 6.54 Å².